The summed E-state index contributed by atoms with van der Waals surface area (Å²) in [5, 5.41) is 2.74. The Morgan fingerprint density at radius 3 is 2.37 bits per heavy atom. The van der Waals surface area contributed by atoms with E-state index in [9.17, 15) is 17.6 Å². The first-order chi connectivity index (χ1) is 12.8. The number of rotatable bonds is 4. The summed E-state index contributed by atoms with van der Waals surface area (Å²) in [7, 11) is -3.62. The molecule has 144 valence electrons. The van der Waals surface area contributed by atoms with E-state index in [1.165, 1.54) is 28.6 Å². The van der Waals surface area contributed by atoms with Crippen LogP contribution in [-0.4, -0.2) is 31.7 Å². The lowest BCUT2D eigenvalue weighted by molar-refractivity contribution is 0.102. The Morgan fingerprint density at radius 2 is 1.70 bits per heavy atom. The zero-order valence-corrected chi connectivity index (χ0v) is 16.3. The molecule has 7 heteroatoms. The molecule has 27 heavy (non-hydrogen) atoms. The van der Waals surface area contributed by atoms with Gasteiger partial charge in [0.25, 0.3) is 5.91 Å². The summed E-state index contributed by atoms with van der Waals surface area (Å²) < 4.78 is 40.5. The zero-order chi connectivity index (χ0) is 19.6. The largest absolute Gasteiger partial charge is 0.322 e. The first-order valence-corrected chi connectivity index (χ1v) is 10.4. The van der Waals surface area contributed by atoms with Gasteiger partial charge in [-0.3, -0.25) is 4.79 Å². The Kier molecular flexibility index (Phi) is 5.62. The van der Waals surface area contributed by atoms with Crippen LogP contribution in [-0.2, 0) is 10.0 Å². The van der Waals surface area contributed by atoms with Crippen molar-refractivity contribution in [1.29, 1.82) is 0 Å². The van der Waals surface area contributed by atoms with E-state index >= 15 is 0 Å². The molecule has 2 aromatic carbocycles. The Labute approximate surface area is 159 Å². The molecule has 0 aromatic heterocycles. The average Bonchev–Trinajstić information content (AvgIpc) is 2.65. The minimum Gasteiger partial charge on any atom is -0.322 e. The number of aryl methyl sites for hydroxylation is 2. The number of sulfonamides is 1. The third-order valence-electron chi connectivity index (χ3n) is 4.84. The van der Waals surface area contributed by atoms with E-state index in [0.29, 0.717) is 29.9 Å². The van der Waals surface area contributed by atoms with Crippen LogP contribution in [0, 0.1) is 19.7 Å². The van der Waals surface area contributed by atoms with E-state index in [2.05, 4.69) is 5.32 Å². The number of nitrogens with one attached hydrogen (secondary N) is 1. The van der Waals surface area contributed by atoms with E-state index in [0.717, 1.165) is 19.3 Å². The van der Waals surface area contributed by atoms with Crippen LogP contribution in [0.25, 0.3) is 0 Å². The number of amides is 1. The Balaban J connectivity index is 1.89. The van der Waals surface area contributed by atoms with Gasteiger partial charge in [-0.15, -0.1) is 0 Å². The number of anilines is 1. The normalized spacial score (nSPS) is 15.5. The second kappa shape index (κ2) is 7.78. The lowest BCUT2D eigenvalue weighted by Gasteiger charge is -2.26. The van der Waals surface area contributed by atoms with Crippen molar-refractivity contribution in [2.75, 3.05) is 18.4 Å². The highest BCUT2D eigenvalue weighted by Crippen LogP contribution is 2.24. The van der Waals surface area contributed by atoms with Gasteiger partial charge in [-0.2, -0.15) is 4.31 Å². The van der Waals surface area contributed by atoms with Gasteiger partial charge in [0.2, 0.25) is 10.0 Å². The quantitative estimate of drug-likeness (QED) is 0.862. The fourth-order valence-corrected chi connectivity index (χ4v) is 4.76. The van der Waals surface area contributed by atoms with Crippen LogP contribution < -0.4 is 5.32 Å². The molecule has 0 radical (unpaired) electrons. The number of hydrogen-bond acceptors (Lipinski definition) is 3. The molecule has 1 saturated heterocycles. The van der Waals surface area contributed by atoms with E-state index in [-0.39, 0.29) is 16.3 Å². The number of hydrogen-bond donors (Lipinski definition) is 1. The topological polar surface area (TPSA) is 66.5 Å². The summed E-state index contributed by atoms with van der Waals surface area (Å²) in [6, 6.07) is 8.70. The van der Waals surface area contributed by atoms with Crippen molar-refractivity contribution in [3.05, 3.63) is 58.9 Å². The molecule has 3 rings (SSSR count). The van der Waals surface area contributed by atoms with Crippen molar-refractivity contribution in [1.82, 2.24) is 4.31 Å². The lowest BCUT2D eigenvalue weighted by atomic mass is 10.1. The Hall–Kier alpha value is -2.25. The van der Waals surface area contributed by atoms with Crippen molar-refractivity contribution in [3.8, 4) is 0 Å². The second-order valence-corrected chi connectivity index (χ2v) is 8.79. The predicted octanol–water partition coefficient (Wildman–Crippen LogP) is 3.87. The maximum atomic E-state index is 13.2. The van der Waals surface area contributed by atoms with Crippen LogP contribution in [0.2, 0.25) is 0 Å². The number of carbonyl (C=O) groups is 1. The first-order valence-electron chi connectivity index (χ1n) is 8.97. The minimum absolute atomic E-state index is 0.121. The number of benzene rings is 2. The van der Waals surface area contributed by atoms with Crippen molar-refractivity contribution in [2.45, 2.75) is 38.0 Å². The molecule has 0 spiro atoms. The zero-order valence-electron chi connectivity index (χ0n) is 15.5. The third kappa shape index (κ3) is 4.20. The van der Waals surface area contributed by atoms with E-state index in [1.807, 2.05) is 0 Å². The maximum absolute atomic E-state index is 13.2. The van der Waals surface area contributed by atoms with Crippen LogP contribution in [0.4, 0.5) is 10.1 Å². The van der Waals surface area contributed by atoms with Gasteiger partial charge < -0.3 is 5.32 Å². The van der Waals surface area contributed by atoms with Crippen LogP contribution in [0.1, 0.15) is 40.7 Å². The lowest BCUT2D eigenvalue weighted by Crippen LogP contribution is -2.35. The van der Waals surface area contributed by atoms with Crippen LogP contribution in [0.3, 0.4) is 0 Å². The molecule has 0 bridgehead atoms. The van der Waals surface area contributed by atoms with E-state index in [4.69, 9.17) is 0 Å². The van der Waals surface area contributed by atoms with Gasteiger partial charge in [0.15, 0.2) is 0 Å². The van der Waals surface area contributed by atoms with Crippen LogP contribution in [0.15, 0.2) is 41.3 Å². The molecule has 1 aliphatic heterocycles. The average molecular weight is 390 g/mol. The Bertz CT molecular complexity index is 967. The molecule has 1 N–H and O–H groups in total. The van der Waals surface area contributed by atoms with E-state index in [1.54, 1.807) is 26.0 Å². The molecular formula is C20H23FN2O3S. The van der Waals surface area contributed by atoms with Gasteiger partial charge in [-0.25, -0.2) is 12.8 Å². The molecule has 1 aliphatic rings. The standard InChI is InChI=1S/C20H23FN2O3S/c1-14-6-8-17(27(25,26)23-10-4-3-5-11-23)13-18(14)20(24)22-19-9-7-16(21)12-15(19)2/h6-9,12-13H,3-5,10-11H2,1-2H3,(H,22,24). The monoisotopic (exact) mass is 390 g/mol. The van der Waals surface area contributed by atoms with Crippen molar-refractivity contribution < 1.29 is 17.6 Å². The van der Waals surface area contributed by atoms with Gasteiger partial charge in [-0.05, 0) is 68.1 Å². The number of carbonyl (C=O) groups excluding carboxylic acids is 1. The van der Waals surface area contributed by atoms with Crippen molar-refractivity contribution in [3.63, 3.8) is 0 Å². The third-order valence-corrected chi connectivity index (χ3v) is 6.74. The van der Waals surface area contributed by atoms with Gasteiger partial charge in [0, 0.05) is 24.3 Å². The Morgan fingerprint density at radius 1 is 1.00 bits per heavy atom. The maximum Gasteiger partial charge on any atom is 0.255 e. The predicted molar refractivity (Wildman–Crippen MR) is 103 cm³/mol. The summed E-state index contributed by atoms with van der Waals surface area (Å²) in [6.07, 6.45) is 2.73. The molecule has 0 aliphatic carbocycles. The molecule has 5 nitrogen and oxygen atoms in total. The fraction of sp³-hybridized carbons (Fsp3) is 0.350. The number of halogens is 1. The van der Waals surface area contributed by atoms with Crippen molar-refractivity contribution in [2.24, 2.45) is 0 Å². The summed E-state index contributed by atoms with van der Waals surface area (Å²) in [6.45, 7) is 4.46. The van der Waals surface area contributed by atoms with Gasteiger partial charge in [0.05, 0.1) is 4.90 Å². The molecule has 0 atom stereocenters. The van der Waals surface area contributed by atoms with E-state index < -0.39 is 15.9 Å². The van der Waals surface area contributed by atoms with Gasteiger partial charge >= 0.3 is 0 Å². The highest BCUT2D eigenvalue weighted by molar-refractivity contribution is 7.89. The SMILES string of the molecule is Cc1cc(F)ccc1NC(=O)c1cc(S(=O)(=O)N2CCCCC2)ccc1C. The highest BCUT2D eigenvalue weighted by atomic mass is 32.2. The summed E-state index contributed by atoms with van der Waals surface area (Å²) in [5.41, 5.74) is 2.05. The number of nitrogens with zero attached hydrogens (tertiary/aromatic N) is 1. The molecule has 1 amide bonds. The van der Waals surface area contributed by atoms with Gasteiger partial charge in [0.1, 0.15) is 5.82 Å². The first kappa shape index (κ1) is 19.5. The summed E-state index contributed by atoms with van der Waals surface area (Å²) in [5.74, 6) is -0.797. The molecule has 0 unspecified atom stereocenters. The highest BCUT2D eigenvalue weighted by Gasteiger charge is 2.27. The van der Waals surface area contributed by atoms with Crippen LogP contribution in [0.5, 0.6) is 0 Å². The van der Waals surface area contributed by atoms with Gasteiger partial charge in [-0.1, -0.05) is 12.5 Å². The smallest absolute Gasteiger partial charge is 0.255 e. The molecule has 1 heterocycles. The number of piperidine rings is 1. The molecular weight excluding hydrogens is 367 g/mol. The summed E-state index contributed by atoms with van der Waals surface area (Å²) >= 11 is 0. The summed E-state index contributed by atoms with van der Waals surface area (Å²) in [4.78, 5) is 12.8. The van der Waals surface area contributed by atoms with Crippen LogP contribution >= 0.6 is 0 Å². The molecule has 0 saturated carbocycles. The second-order valence-electron chi connectivity index (χ2n) is 6.85. The molecule has 2 aromatic rings. The van der Waals surface area contributed by atoms with Crippen molar-refractivity contribution >= 4 is 21.6 Å². The fourth-order valence-electron chi connectivity index (χ4n) is 3.22. The minimum atomic E-state index is -3.62. The molecule has 1 fully saturated rings.